The molecule has 3 rings (SSSR count). The van der Waals surface area contributed by atoms with E-state index >= 15 is 0 Å². The maximum Gasteiger partial charge on any atom is 0.387 e. The van der Waals surface area contributed by atoms with E-state index in [4.69, 9.17) is 17.0 Å². The van der Waals surface area contributed by atoms with Crippen LogP contribution in [0.2, 0.25) is 0 Å². The zero-order chi connectivity index (χ0) is 20.1. The van der Waals surface area contributed by atoms with Gasteiger partial charge in [0, 0.05) is 11.3 Å². The largest absolute Gasteiger partial charge is 0.457 e. The quantitative estimate of drug-likeness (QED) is 0.564. The van der Waals surface area contributed by atoms with Crippen LogP contribution in [0.3, 0.4) is 0 Å². The number of carbonyl (C=O) groups excluding carboxylic acids is 1. The molecule has 1 aliphatic heterocycles. The lowest BCUT2D eigenvalue weighted by atomic mass is 9.95. The smallest absolute Gasteiger partial charge is 0.387 e. The number of benzene rings is 2. The van der Waals surface area contributed by atoms with E-state index in [0.29, 0.717) is 11.3 Å². The van der Waals surface area contributed by atoms with Crippen molar-refractivity contribution in [2.45, 2.75) is 26.2 Å². The fourth-order valence-electron chi connectivity index (χ4n) is 2.92. The summed E-state index contributed by atoms with van der Waals surface area (Å²) in [6.07, 6.45) is 0. The maximum absolute atomic E-state index is 12.8. The van der Waals surface area contributed by atoms with E-state index in [-0.39, 0.29) is 23.0 Å². The molecule has 0 spiro atoms. The summed E-state index contributed by atoms with van der Waals surface area (Å²) in [6.45, 7) is -1.23. The van der Waals surface area contributed by atoms with Crippen LogP contribution in [0.25, 0.3) is 0 Å². The van der Waals surface area contributed by atoms with Crippen LogP contribution < -0.4 is 15.4 Å². The third kappa shape index (κ3) is 4.64. The molecule has 1 heterocycles. The molecule has 0 radical (unpaired) electrons. The number of hydrogen-bond acceptors (Lipinski definition) is 4. The highest BCUT2D eigenvalue weighted by atomic mass is 32.1. The molecule has 0 bridgehead atoms. The van der Waals surface area contributed by atoms with Crippen molar-refractivity contribution in [3.05, 3.63) is 77.0 Å². The molecule has 0 aliphatic carbocycles. The molecule has 2 aromatic rings. The molecule has 5 nitrogen and oxygen atoms in total. The molecule has 1 atom stereocenters. The van der Waals surface area contributed by atoms with Gasteiger partial charge < -0.3 is 20.1 Å². The van der Waals surface area contributed by atoms with E-state index in [1.54, 1.807) is 25.1 Å². The number of hydrogen-bond donors (Lipinski definition) is 2. The van der Waals surface area contributed by atoms with Gasteiger partial charge in [0.15, 0.2) is 5.11 Å². The van der Waals surface area contributed by atoms with E-state index in [0.717, 1.165) is 5.56 Å². The van der Waals surface area contributed by atoms with Gasteiger partial charge in [0.05, 0.1) is 11.6 Å². The van der Waals surface area contributed by atoms with E-state index in [1.165, 1.54) is 6.07 Å². The second kappa shape index (κ2) is 8.79. The summed E-state index contributed by atoms with van der Waals surface area (Å²) in [7, 11) is 0. The molecule has 0 saturated heterocycles. The van der Waals surface area contributed by atoms with Crippen LogP contribution in [0, 0.1) is 0 Å². The molecular formula is C20H18F2N2O3S. The van der Waals surface area contributed by atoms with Gasteiger partial charge >= 0.3 is 12.6 Å². The molecule has 146 valence electrons. The van der Waals surface area contributed by atoms with E-state index in [1.807, 2.05) is 30.3 Å². The van der Waals surface area contributed by atoms with Crippen molar-refractivity contribution in [3.8, 4) is 5.75 Å². The van der Waals surface area contributed by atoms with Crippen LogP contribution in [-0.2, 0) is 16.1 Å². The third-order valence-electron chi connectivity index (χ3n) is 4.15. The first-order valence-electron chi connectivity index (χ1n) is 8.48. The van der Waals surface area contributed by atoms with E-state index < -0.39 is 18.6 Å². The van der Waals surface area contributed by atoms with Crippen LogP contribution in [-0.4, -0.2) is 17.7 Å². The lowest BCUT2D eigenvalue weighted by Gasteiger charge is -2.30. The monoisotopic (exact) mass is 404 g/mol. The van der Waals surface area contributed by atoms with Gasteiger partial charge in [0.2, 0.25) is 0 Å². The summed E-state index contributed by atoms with van der Waals surface area (Å²) in [5, 5.41) is 6.09. The molecule has 28 heavy (non-hydrogen) atoms. The number of thiocarbonyl (C=S) groups is 1. The van der Waals surface area contributed by atoms with Gasteiger partial charge in [-0.2, -0.15) is 8.78 Å². The highest BCUT2D eigenvalue weighted by molar-refractivity contribution is 7.80. The minimum absolute atomic E-state index is 0.0409. The van der Waals surface area contributed by atoms with Gasteiger partial charge in [-0.15, -0.1) is 0 Å². The first kappa shape index (κ1) is 19.8. The number of alkyl halides is 2. The zero-order valence-corrected chi connectivity index (χ0v) is 15.8. The number of nitrogens with one attached hydrogen (secondary N) is 2. The van der Waals surface area contributed by atoms with Crippen LogP contribution in [0.5, 0.6) is 5.75 Å². The van der Waals surface area contributed by atoms with Gasteiger partial charge in [-0.3, -0.25) is 0 Å². The van der Waals surface area contributed by atoms with Crippen molar-refractivity contribution in [1.29, 1.82) is 0 Å². The standard InChI is InChI=1S/C20H18F2N2O3S/c1-12-16(18(25)26-11-13-7-3-2-4-8-13)17(24-20(28)23-12)14-9-5-6-10-15(14)27-19(21)22/h2-10,17,19H,11H2,1H3,(H2,23,24,28)/t17-/m1/s1. The van der Waals surface area contributed by atoms with Crippen molar-refractivity contribution in [2.24, 2.45) is 0 Å². The lowest BCUT2D eigenvalue weighted by Crippen LogP contribution is -2.45. The summed E-state index contributed by atoms with van der Waals surface area (Å²) in [5.74, 6) is -0.624. The Bertz CT molecular complexity index is 903. The third-order valence-corrected chi connectivity index (χ3v) is 4.37. The number of allylic oxidation sites excluding steroid dienone is 1. The number of rotatable bonds is 6. The first-order chi connectivity index (χ1) is 13.5. The highest BCUT2D eigenvalue weighted by Crippen LogP contribution is 2.34. The van der Waals surface area contributed by atoms with Crippen molar-refractivity contribution in [2.75, 3.05) is 0 Å². The molecule has 0 amide bonds. The average molecular weight is 404 g/mol. The predicted molar refractivity (Wildman–Crippen MR) is 104 cm³/mol. The molecule has 0 saturated carbocycles. The van der Waals surface area contributed by atoms with Crippen molar-refractivity contribution in [1.82, 2.24) is 10.6 Å². The van der Waals surface area contributed by atoms with E-state index in [2.05, 4.69) is 15.4 Å². The number of halogens is 2. The predicted octanol–water partition coefficient (Wildman–Crippen LogP) is 3.82. The Morgan fingerprint density at radius 3 is 2.54 bits per heavy atom. The average Bonchev–Trinajstić information content (AvgIpc) is 2.66. The molecule has 2 N–H and O–H groups in total. The molecule has 1 aliphatic rings. The summed E-state index contributed by atoms with van der Waals surface area (Å²) in [5.41, 5.74) is 1.92. The first-order valence-corrected chi connectivity index (χ1v) is 8.89. The van der Waals surface area contributed by atoms with Crippen LogP contribution >= 0.6 is 12.2 Å². The number of para-hydroxylation sites is 1. The van der Waals surface area contributed by atoms with Crippen LogP contribution in [0.1, 0.15) is 24.1 Å². The minimum atomic E-state index is -2.99. The normalized spacial score (nSPS) is 16.4. The van der Waals surface area contributed by atoms with Gasteiger partial charge in [-0.25, -0.2) is 4.79 Å². The summed E-state index contributed by atoms with van der Waals surface area (Å²) >= 11 is 5.17. The van der Waals surface area contributed by atoms with Crippen LogP contribution in [0.4, 0.5) is 8.78 Å². The summed E-state index contributed by atoms with van der Waals surface area (Å²) in [4.78, 5) is 12.8. The Hall–Kier alpha value is -3.00. The number of carbonyl (C=O) groups is 1. The van der Waals surface area contributed by atoms with Gasteiger partial charge in [0.25, 0.3) is 0 Å². The molecule has 0 unspecified atom stereocenters. The highest BCUT2D eigenvalue weighted by Gasteiger charge is 2.33. The Morgan fingerprint density at radius 1 is 1.14 bits per heavy atom. The minimum Gasteiger partial charge on any atom is -0.457 e. The molecular weight excluding hydrogens is 386 g/mol. The van der Waals surface area contributed by atoms with Gasteiger partial charge in [0.1, 0.15) is 12.4 Å². The Balaban J connectivity index is 1.90. The Morgan fingerprint density at radius 2 is 1.82 bits per heavy atom. The second-order valence-corrected chi connectivity index (χ2v) is 6.46. The number of ether oxygens (including phenoxy) is 2. The molecule has 2 aromatic carbocycles. The topological polar surface area (TPSA) is 59.6 Å². The van der Waals surface area contributed by atoms with Crippen molar-refractivity contribution < 1.29 is 23.0 Å². The van der Waals surface area contributed by atoms with Gasteiger partial charge in [-0.05, 0) is 30.8 Å². The molecule has 0 fully saturated rings. The second-order valence-electron chi connectivity index (χ2n) is 6.05. The summed E-state index contributed by atoms with van der Waals surface area (Å²) < 4.78 is 35.7. The molecule has 0 aromatic heterocycles. The van der Waals surface area contributed by atoms with Crippen LogP contribution in [0.15, 0.2) is 65.9 Å². The lowest BCUT2D eigenvalue weighted by molar-refractivity contribution is -0.140. The van der Waals surface area contributed by atoms with E-state index in [9.17, 15) is 13.6 Å². The van der Waals surface area contributed by atoms with Crippen molar-refractivity contribution >= 4 is 23.3 Å². The van der Waals surface area contributed by atoms with Crippen molar-refractivity contribution in [3.63, 3.8) is 0 Å². The fourth-order valence-corrected chi connectivity index (χ4v) is 3.19. The van der Waals surface area contributed by atoms with Gasteiger partial charge in [-0.1, -0.05) is 48.5 Å². The SMILES string of the molecule is CC1=C(C(=O)OCc2ccccc2)[C@@H](c2ccccc2OC(F)F)NC(=S)N1. The number of esters is 1. The summed E-state index contributed by atoms with van der Waals surface area (Å²) in [6, 6.07) is 14.7. The zero-order valence-electron chi connectivity index (χ0n) is 14.9. The Kier molecular flexibility index (Phi) is 6.20. The maximum atomic E-state index is 12.8. The Labute approximate surface area is 166 Å². The fraction of sp³-hybridized carbons (Fsp3) is 0.200. The molecule has 8 heteroatoms.